The lowest BCUT2D eigenvalue weighted by Crippen LogP contribution is -2.34. The summed E-state index contributed by atoms with van der Waals surface area (Å²) >= 11 is 0. The van der Waals surface area contributed by atoms with Crippen molar-refractivity contribution >= 4 is 17.7 Å². The van der Waals surface area contributed by atoms with Crippen molar-refractivity contribution in [3.8, 4) is 0 Å². The van der Waals surface area contributed by atoms with Crippen LogP contribution in [-0.4, -0.2) is 27.2 Å². The van der Waals surface area contributed by atoms with Crippen LogP contribution in [0.2, 0.25) is 0 Å². The minimum atomic E-state index is -1.06. The SMILES string of the molecule is O=C(O)/C=C/c1cccc(F)c1N1CCn2ccnc2C1. The molecule has 1 aromatic carbocycles. The molecule has 0 saturated heterocycles. The van der Waals surface area contributed by atoms with Crippen LogP contribution >= 0.6 is 0 Å². The smallest absolute Gasteiger partial charge is 0.328 e. The van der Waals surface area contributed by atoms with Crippen molar-refractivity contribution in [3.05, 3.63) is 53.9 Å². The second-order valence-corrected chi connectivity index (χ2v) is 4.81. The van der Waals surface area contributed by atoms with Crippen LogP contribution in [0.5, 0.6) is 0 Å². The number of para-hydroxylation sites is 1. The number of carbonyl (C=O) groups is 1. The van der Waals surface area contributed by atoms with E-state index in [1.807, 2.05) is 15.7 Å². The van der Waals surface area contributed by atoms with E-state index in [0.29, 0.717) is 24.3 Å². The fraction of sp³-hybridized carbons (Fsp3) is 0.200. The van der Waals surface area contributed by atoms with Crippen molar-refractivity contribution in [2.24, 2.45) is 0 Å². The molecule has 0 unspecified atom stereocenters. The second-order valence-electron chi connectivity index (χ2n) is 4.81. The van der Waals surface area contributed by atoms with Crippen LogP contribution in [0.3, 0.4) is 0 Å². The van der Waals surface area contributed by atoms with Gasteiger partial charge in [0.1, 0.15) is 11.6 Å². The topological polar surface area (TPSA) is 58.4 Å². The summed E-state index contributed by atoms with van der Waals surface area (Å²) in [5, 5.41) is 8.74. The summed E-state index contributed by atoms with van der Waals surface area (Å²) in [6.07, 6.45) is 6.07. The molecule has 0 saturated carbocycles. The van der Waals surface area contributed by atoms with Gasteiger partial charge in [-0.1, -0.05) is 12.1 Å². The van der Waals surface area contributed by atoms with Crippen LogP contribution < -0.4 is 4.90 Å². The van der Waals surface area contributed by atoms with Crippen LogP contribution in [0, 0.1) is 5.82 Å². The Hall–Kier alpha value is -2.63. The molecule has 0 amide bonds. The van der Waals surface area contributed by atoms with Gasteiger partial charge in [0.05, 0.1) is 12.2 Å². The fourth-order valence-electron chi connectivity index (χ4n) is 2.53. The Balaban J connectivity index is 1.97. The predicted octanol–water partition coefficient (Wildman–Crippen LogP) is 2.14. The van der Waals surface area contributed by atoms with Crippen LogP contribution in [0.4, 0.5) is 10.1 Å². The lowest BCUT2D eigenvalue weighted by atomic mass is 10.1. The Kier molecular flexibility index (Phi) is 3.43. The number of rotatable bonds is 3. The van der Waals surface area contributed by atoms with Gasteiger partial charge in [-0.3, -0.25) is 0 Å². The highest BCUT2D eigenvalue weighted by Crippen LogP contribution is 2.28. The molecule has 1 aliphatic rings. The summed E-state index contributed by atoms with van der Waals surface area (Å²) in [4.78, 5) is 16.8. The van der Waals surface area contributed by atoms with E-state index in [1.54, 1.807) is 18.3 Å². The summed E-state index contributed by atoms with van der Waals surface area (Å²) in [5.41, 5.74) is 0.974. The maximum atomic E-state index is 14.2. The zero-order valence-electron chi connectivity index (χ0n) is 11.2. The molecule has 2 heterocycles. The molecule has 2 aromatic rings. The highest BCUT2D eigenvalue weighted by Gasteiger charge is 2.21. The summed E-state index contributed by atoms with van der Waals surface area (Å²) in [6, 6.07) is 4.67. The van der Waals surface area contributed by atoms with Crippen molar-refractivity contribution < 1.29 is 14.3 Å². The van der Waals surface area contributed by atoms with Gasteiger partial charge in [-0.2, -0.15) is 0 Å². The fourth-order valence-corrected chi connectivity index (χ4v) is 2.53. The van der Waals surface area contributed by atoms with Crippen molar-refractivity contribution in [1.29, 1.82) is 0 Å². The van der Waals surface area contributed by atoms with Crippen LogP contribution in [-0.2, 0) is 17.9 Å². The average Bonchev–Trinajstić information content (AvgIpc) is 2.92. The summed E-state index contributed by atoms with van der Waals surface area (Å²) < 4.78 is 16.2. The van der Waals surface area contributed by atoms with Gasteiger partial charge in [0, 0.05) is 37.1 Å². The standard InChI is InChI=1S/C15H14FN3O2/c16-12-3-1-2-11(4-5-14(20)21)15(12)19-9-8-18-7-6-17-13(18)10-19/h1-7H,8-10H2,(H,20,21)/b5-4+. The van der Waals surface area contributed by atoms with Gasteiger partial charge in [-0.15, -0.1) is 0 Å². The first-order chi connectivity index (χ1) is 10.1. The summed E-state index contributed by atoms with van der Waals surface area (Å²) in [5.74, 6) is -0.542. The number of nitrogens with zero attached hydrogens (tertiary/aromatic N) is 3. The van der Waals surface area contributed by atoms with Crippen molar-refractivity contribution in [2.45, 2.75) is 13.1 Å². The summed E-state index contributed by atoms with van der Waals surface area (Å²) in [7, 11) is 0. The van der Waals surface area contributed by atoms with Gasteiger partial charge in [0.2, 0.25) is 0 Å². The minimum absolute atomic E-state index is 0.359. The molecule has 0 aliphatic carbocycles. The number of hydrogen-bond donors (Lipinski definition) is 1. The largest absolute Gasteiger partial charge is 0.478 e. The van der Waals surface area contributed by atoms with E-state index in [2.05, 4.69) is 4.98 Å². The average molecular weight is 287 g/mol. The van der Waals surface area contributed by atoms with E-state index in [-0.39, 0.29) is 5.82 Å². The first-order valence-corrected chi connectivity index (χ1v) is 6.59. The van der Waals surface area contributed by atoms with E-state index in [1.165, 1.54) is 12.1 Å². The molecule has 6 heteroatoms. The number of anilines is 1. The number of hydrogen-bond acceptors (Lipinski definition) is 3. The van der Waals surface area contributed by atoms with Gasteiger partial charge in [0.15, 0.2) is 0 Å². The Morgan fingerprint density at radius 1 is 1.38 bits per heavy atom. The van der Waals surface area contributed by atoms with E-state index in [9.17, 15) is 9.18 Å². The molecule has 5 nitrogen and oxygen atoms in total. The number of fused-ring (bicyclic) bond motifs is 1. The molecule has 108 valence electrons. The van der Waals surface area contributed by atoms with Gasteiger partial charge in [-0.05, 0) is 12.1 Å². The van der Waals surface area contributed by atoms with Gasteiger partial charge in [0.25, 0.3) is 0 Å². The first kappa shape index (κ1) is 13.4. The van der Waals surface area contributed by atoms with Crippen LogP contribution in [0.25, 0.3) is 6.08 Å². The van der Waals surface area contributed by atoms with Gasteiger partial charge < -0.3 is 14.6 Å². The van der Waals surface area contributed by atoms with Crippen molar-refractivity contribution in [1.82, 2.24) is 9.55 Å². The molecule has 0 spiro atoms. The number of benzene rings is 1. The highest BCUT2D eigenvalue weighted by molar-refractivity contribution is 5.87. The quantitative estimate of drug-likeness (QED) is 0.879. The molecular weight excluding hydrogens is 273 g/mol. The Morgan fingerprint density at radius 2 is 2.24 bits per heavy atom. The zero-order chi connectivity index (χ0) is 14.8. The van der Waals surface area contributed by atoms with E-state index in [0.717, 1.165) is 18.4 Å². The summed E-state index contributed by atoms with van der Waals surface area (Å²) in [6.45, 7) is 1.88. The number of imidazole rings is 1. The first-order valence-electron chi connectivity index (χ1n) is 6.59. The molecule has 0 atom stereocenters. The number of carboxylic acid groups (broad SMARTS) is 1. The maximum absolute atomic E-state index is 14.2. The van der Waals surface area contributed by atoms with Crippen LogP contribution in [0.15, 0.2) is 36.7 Å². The third-order valence-corrected chi connectivity index (χ3v) is 3.48. The second kappa shape index (κ2) is 5.40. The molecule has 1 N–H and O–H groups in total. The zero-order valence-corrected chi connectivity index (χ0v) is 11.2. The molecule has 1 aromatic heterocycles. The number of halogens is 1. The van der Waals surface area contributed by atoms with E-state index < -0.39 is 5.97 Å². The third-order valence-electron chi connectivity index (χ3n) is 3.48. The predicted molar refractivity (Wildman–Crippen MR) is 76.3 cm³/mol. The van der Waals surface area contributed by atoms with Crippen molar-refractivity contribution in [2.75, 3.05) is 11.4 Å². The lowest BCUT2D eigenvalue weighted by Gasteiger charge is -2.31. The molecule has 1 aliphatic heterocycles. The molecule has 0 fully saturated rings. The number of aromatic nitrogens is 2. The molecule has 3 rings (SSSR count). The minimum Gasteiger partial charge on any atom is -0.478 e. The van der Waals surface area contributed by atoms with E-state index in [4.69, 9.17) is 5.11 Å². The Labute approximate surface area is 121 Å². The molecular formula is C15H14FN3O2. The third kappa shape index (κ3) is 2.65. The van der Waals surface area contributed by atoms with E-state index >= 15 is 0 Å². The number of aliphatic carboxylic acids is 1. The molecule has 0 radical (unpaired) electrons. The molecule has 21 heavy (non-hydrogen) atoms. The van der Waals surface area contributed by atoms with Crippen LogP contribution in [0.1, 0.15) is 11.4 Å². The molecule has 0 bridgehead atoms. The Morgan fingerprint density at radius 3 is 3.05 bits per heavy atom. The van der Waals surface area contributed by atoms with Gasteiger partial charge in [-0.25, -0.2) is 14.2 Å². The monoisotopic (exact) mass is 287 g/mol. The normalized spacial score (nSPS) is 14.4. The lowest BCUT2D eigenvalue weighted by molar-refractivity contribution is -0.131. The van der Waals surface area contributed by atoms with Crippen molar-refractivity contribution in [3.63, 3.8) is 0 Å². The van der Waals surface area contributed by atoms with Gasteiger partial charge >= 0.3 is 5.97 Å². The number of carboxylic acids is 1. The maximum Gasteiger partial charge on any atom is 0.328 e. The Bertz CT molecular complexity index is 709. The highest BCUT2D eigenvalue weighted by atomic mass is 19.1.